The normalized spacial score (nSPS) is 10.2. The number of hydrogen-bond donors (Lipinski definition) is 1. The lowest BCUT2D eigenvalue weighted by Gasteiger charge is -2.13. The van der Waals surface area contributed by atoms with E-state index in [-0.39, 0.29) is 24.6 Å². The van der Waals surface area contributed by atoms with Gasteiger partial charge in [-0.15, -0.1) is 0 Å². The molecule has 8 heteroatoms. The number of nitrogens with one attached hydrogen (secondary N) is 1. The van der Waals surface area contributed by atoms with E-state index in [9.17, 15) is 9.59 Å². The van der Waals surface area contributed by atoms with Crippen LogP contribution in [-0.4, -0.2) is 41.5 Å². The van der Waals surface area contributed by atoms with Crippen molar-refractivity contribution in [2.75, 3.05) is 25.1 Å². The number of esters is 1. The lowest BCUT2D eigenvalue weighted by Crippen LogP contribution is -2.23. The van der Waals surface area contributed by atoms with Crippen LogP contribution in [0.1, 0.15) is 17.3 Å². The molecule has 0 aliphatic carbocycles. The zero-order valence-electron chi connectivity index (χ0n) is 17.1. The predicted octanol–water partition coefficient (Wildman–Crippen LogP) is 3.63. The molecule has 0 saturated heterocycles. The van der Waals surface area contributed by atoms with Gasteiger partial charge in [-0.2, -0.15) is 5.10 Å². The van der Waals surface area contributed by atoms with Crippen LogP contribution in [0.25, 0.3) is 5.69 Å². The first-order valence-corrected chi connectivity index (χ1v) is 9.70. The molecule has 1 aromatic heterocycles. The summed E-state index contributed by atoms with van der Waals surface area (Å²) in [6.45, 7) is 5.54. The second kappa shape index (κ2) is 10.6. The van der Waals surface area contributed by atoms with E-state index >= 15 is 0 Å². The van der Waals surface area contributed by atoms with Crippen LogP contribution in [0.2, 0.25) is 0 Å². The van der Waals surface area contributed by atoms with Crippen molar-refractivity contribution in [3.63, 3.8) is 0 Å². The van der Waals surface area contributed by atoms with Crippen molar-refractivity contribution in [1.29, 1.82) is 0 Å². The van der Waals surface area contributed by atoms with Crippen molar-refractivity contribution in [2.45, 2.75) is 6.92 Å². The van der Waals surface area contributed by atoms with E-state index in [4.69, 9.17) is 14.2 Å². The van der Waals surface area contributed by atoms with E-state index in [1.807, 2.05) is 18.2 Å². The number of carbonyl (C=O) groups excluding carboxylic acids is 2. The van der Waals surface area contributed by atoms with E-state index < -0.39 is 11.9 Å². The molecule has 0 aliphatic heterocycles. The summed E-state index contributed by atoms with van der Waals surface area (Å²) in [4.78, 5) is 25.0. The summed E-state index contributed by atoms with van der Waals surface area (Å²) < 4.78 is 17.7. The Morgan fingerprint density at radius 3 is 2.42 bits per heavy atom. The second-order valence-electron chi connectivity index (χ2n) is 6.26. The molecule has 3 rings (SSSR count). The molecule has 0 atom stereocenters. The maximum Gasteiger partial charge on any atom is 0.343 e. The first-order valence-electron chi connectivity index (χ1n) is 9.70. The Hall–Kier alpha value is -4.07. The Kier molecular flexibility index (Phi) is 7.42. The van der Waals surface area contributed by atoms with Crippen molar-refractivity contribution in [2.24, 2.45) is 0 Å². The molecule has 31 heavy (non-hydrogen) atoms. The van der Waals surface area contributed by atoms with Crippen molar-refractivity contribution in [1.82, 2.24) is 9.78 Å². The Morgan fingerprint density at radius 2 is 1.74 bits per heavy atom. The van der Waals surface area contributed by atoms with Crippen LogP contribution < -0.4 is 14.8 Å². The summed E-state index contributed by atoms with van der Waals surface area (Å²) in [5, 5.41) is 6.95. The summed E-state index contributed by atoms with van der Waals surface area (Å²) >= 11 is 0. The molecule has 160 valence electrons. The van der Waals surface area contributed by atoms with Crippen molar-refractivity contribution in [3.8, 4) is 17.2 Å². The van der Waals surface area contributed by atoms with E-state index in [0.29, 0.717) is 23.8 Å². The van der Waals surface area contributed by atoms with Crippen LogP contribution in [0.3, 0.4) is 0 Å². The first kappa shape index (κ1) is 21.6. The van der Waals surface area contributed by atoms with Gasteiger partial charge in [-0.1, -0.05) is 43.0 Å². The average molecular weight is 421 g/mol. The van der Waals surface area contributed by atoms with Crippen LogP contribution >= 0.6 is 0 Å². The molecule has 0 spiro atoms. The van der Waals surface area contributed by atoms with Crippen LogP contribution in [0.5, 0.6) is 11.5 Å². The fourth-order valence-electron chi connectivity index (χ4n) is 2.74. The molecular weight excluding hydrogens is 398 g/mol. The van der Waals surface area contributed by atoms with Gasteiger partial charge in [0.2, 0.25) is 0 Å². The quantitative estimate of drug-likeness (QED) is 0.397. The average Bonchev–Trinajstić information content (AvgIpc) is 3.21. The molecule has 8 nitrogen and oxygen atoms in total. The van der Waals surface area contributed by atoms with Gasteiger partial charge < -0.3 is 19.5 Å². The molecule has 1 heterocycles. The predicted molar refractivity (Wildman–Crippen MR) is 116 cm³/mol. The van der Waals surface area contributed by atoms with Gasteiger partial charge in [0, 0.05) is 0 Å². The summed E-state index contributed by atoms with van der Waals surface area (Å²) in [5.74, 6) is 0.0682. The summed E-state index contributed by atoms with van der Waals surface area (Å²) in [6.07, 6.45) is 2.98. The monoisotopic (exact) mass is 421 g/mol. The number of nitrogens with zero attached hydrogens (tertiary/aromatic N) is 2. The van der Waals surface area contributed by atoms with E-state index in [2.05, 4.69) is 17.0 Å². The second-order valence-corrected chi connectivity index (χ2v) is 6.26. The maximum absolute atomic E-state index is 12.6. The van der Waals surface area contributed by atoms with Gasteiger partial charge in [0.1, 0.15) is 12.2 Å². The molecule has 0 bridgehead atoms. The van der Waals surface area contributed by atoms with Crippen molar-refractivity contribution < 1.29 is 23.8 Å². The minimum absolute atomic E-state index is 0.147. The highest BCUT2D eigenvalue weighted by Crippen LogP contribution is 2.26. The highest BCUT2D eigenvalue weighted by atomic mass is 16.5. The van der Waals surface area contributed by atoms with Gasteiger partial charge in [0.25, 0.3) is 5.91 Å². The fraction of sp³-hybridized carbons (Fsp3) is 0.174. The Balaban J connectivity index is 1.78. The molecule has 0 fully saturated rings. The SMILES string of the molecule is C=CCOc1ccccc1OCC(=O)Nc1c(C(=O)OCC)cnn1-c1ccccc1. The Labute approximate surface area is 180 Å². The van der Waals surface area contributed by atoms with E-state index in [1.54, 1.807) is 49.4 Å². The van der Waals surface area contributed by atoms with E-state index in [1.165, 1.54) is 10.9 Å². The number of benzene rings is 2. The number of aromatic nitrogens is 2. The zero-order chi connectivity index (χ0) is 22.1. The smallest absolute Gasteiger partial charge is 0.343 e. The number of hydrogen-bond acceptors (Lipinski definition) is 6. The standard InChI is InChI=1S/C23H23N3O5/c1-3-14-30-19-12-8-9-13-20(19)31-16-21(27)25-22-18(23(28)29-4-2)15-24-26(22)17-10-6-5-7-11-17/h3,5-13,15H,1,4,14,16H2,2H3,(H,25,27). The highest BCUT2D eigenvalue weighted by Gasteiger charge is 2.22. The lowest BCUT2D eigenvalue weighted by atomic mass is 10.3. The number of rotatable bonds is 10. The third-order valence-electron chi connectivity index (χ3n) is 4.09. The van der Waals surface area contributed by atoms with Gasteiger partial charge in [-0.3, -0.25) is 4.79 Å². The Morgan fingerprint density at radius 1 is 1.06 bits per heavy atom. The van der Waals surface area contributed by atoms with Crippen LogP contribution in [0, 0.1) is 0 Å². The summed E-state index contributed by atoms with van der Waals surface area (Å²) in [6, 6.07) is 16.1. The van der Waals surface area contributed by atoms with Gasteiger partial charge in [0.05, 0.1) is 18.5 Å². The largest absolute Gasteiger partial charge is 0.486 e. The first-order chi connectivity index (χ1) is 15.1. The van der Waals surface area contributed by atoms with Crippen molar-refractivity contribution in [3.05, 3.63) is 79.0 Å². The van der Waals surface area contributed by atoms with E-state index in [0.717, 1.165) is 0 Å². The summed E-state index contributed by atoms with van der Waals surface area (Å²) in [5.41, 5.74) is 0.825. The fourth-order valence-corrected chi connectivity index (χ4v) is 2.74. The van der Waals surface area contributed by atoms with Gasteiger partial charge >= 0.3 is 5.97 Å². The number of para-hydroxylation sites is 3. The molecule has 0 aliphatic rings. The van der Waals surface area contributed by atoms with Crippen LogP contribution in [0.15, 0.2) is 73.4 Å². The van der Waals surface area contributed by atoms with Crippen LogP contribution in [0.4, 0.5) is 5.82 Å². The molecule has 0 radical (unpaired) electrons. The highest BCUT2D eigenvalue weighted by molar-refractivity contribution is 6.01. The van der Waals surface area contributed by atoms with Crippen LogP contribution in [-0.2, 0) is 9.53 Å². The topological polar surface area (TPSA) is 91.7 Å². The molecular formula is C23H23N3O5. The number of carbonyl (C=O) groups is 2. The summed E-state index contributed by atoms with van der Waals surface area (Å²) in [7, 11) is 0. The van der Waals surface area contributed by atoms with Gasteiger partial charge in [-0.25, -0.2) is 9.48 Å². The molecule has 0 unspecified atom stereocenters. The van der Waals surface area contributed by atoms with Crippen molar-refractivity contribution >= 4 is 17.7 Å². The molecule has 3 aromatic rings. The third-order valence-corrected chi connectivity index (χ3v) is 4.09. The lowest BCUT2D eigenvalue weighted by molar-refractivity contribution is -0.118. The van der Waals surface area contributed by atoms with Gasteiger partial charge in [0.15, 0.2) is 23.9 Å². The zero-order valence-corrected chi connectivity index (χ0v) is 17.1. The number of ether oxygens (including phenoxy) is 3. The molecule has 1 N–H and O–H groups in total. The molecule has 2 aromatic carbocycles. The Bertz CT molecular complexity index is 1050. The molecule has 1 amide bonds. The molecule has 0 saturated carbocycles. The minimum Gasteiger partial charge on any atom is -0.486 e. The number of amides is 1. The van der Waals surface area contributed by atoms with Gasteiger partial charge in [-0.05, 0) is 31.2 Å². The third kappa shape index (κ3) is 5.51. The maximum atomic E-state index is 12.6. The number of anilines is 1. The minimum atomic E-state index is -0.580.